The molecule has 0 saturated heterocycles. The minimum absolute atomic E-state index is 0.0203. The van der Waals surface area contributed by atoms with E-state index < -0.39 is 27.7 Å². The monoisotopic (exact) mass is 477 g/mol. The summed E-state index contributed by atoms with van der Waals surface area (Å²) in [6.07, 6.45) is 0. The number of benzene rings is 3. The van der Waals surface area contributed by atoms with E-state index >= 15 is 0 Å². The summed E-state index contributed by atoms with van der Waals surface area (Å²) >= 11 is 5.82. The lowest BCUT2D eigenvalue weighted by Gasteiger charge is -2.11. The van der Waals surface area contributed by atoms with Crippen LogP contribution in [0.3, 0.4) is 0 Å². The van der Waals surface area contributed by atoms with E-state index in [-0.39, 0.29) is 21.0 Å². The summed E-state index contributed by atoms with van der Waals surface area (Å²) in [6, 6.07) is 14.7. The SMILES string of the molecule is COc1ccc(NS(=O)(=O)c2cccc(C(=O)NNC(=O)c3ccc(F)cc3Cl)c2)cc1. The first-order chi connectivity index (χ1) is 15.2. The van der Waals surface area contributed by atoms with E-state index in [1.165, 1.54) is 37.4 Å². The fourth-order valence-corrected chi connectivity index (χ4v) is 3.96. The first kappa shape index (κ1) is 23.0. The second-order valence-corrected chi connectivity index (χ2v) is 8.48. The first-order valence-corrected chi connectivity index (χ1v) is 10.9. The molecule has 2 amide bonds. The summed E-state index contributed by atoms with van der Waals surface area (Å²) in [7, 11) is -2.49. The van der Waals surface area contributed by atoms with Gasteiger partial charge in [0.15, 0.2) is 0 Å². The van der Waals surface area contributed by atoms with Crippen molar-refractivity contribution in [3.63, 3.8) is 0 Å². The van der Waals surface area contributed by atoms with Crippen molar-refractivity contribution in [2.24, 2.45) is 0 Å². The van der Waals surface area contributed by atoms with Crippen LogP contribution in [0.2, 0.25) is 5.02 Å². The molecule has 0 bridgehead atoms. The molecule has 3 rings (SSSR count). The Morgan fingerprint density at radius 2 is 1.62 bits per heavy atom. The number of methoxy groups -OCH3 is 1. The van der Waals surface area contributed by atoms with Crippen molar-refractivity contribution < 1.29 is 27.1 Å². The predicted octanol–water partition coefficient (Wildman–Crippen LogP) is 3.36. The number of carbonyl (C=O) groups excluding carboxylic acids is 2. The van der Waals surface area contributed by atoms with Gasteiger partial charge in [-0.05, 0) is 60.7 Å². The normalized spacial score (nSPS) is 10.8. The van der Waals surface area contributed by atoms with Crippen LogP contribution in [0, 0.1) is 5.82 Å². The smallest absolute Gasteiger partial charge is 0.271 e. The quantitative estimate of drug-likeness (QED) is 0.471. The Kier molecular flexibility index (Phi) is 6.96. The molecule has 0 aliphatic heterocycles. The van der Waals surface area contributed by atoms with Crippen LogP contribution >= 0.6 is 11.6 Å². The number of anilines is 1. The Morgan fingerprint density at radius 3 is 2.28 bits per heavy atom. The Balaban J connectivity index is 1.70. The van der Waals surface area contributed by atoms with Gasteiger partial charge in [0, 0.05) is 11.3 Å². The molecule has 8 nitrogen and oxygen atoms in total. The van der Waals surface area contributed by atoms with Gasteiger partial charge in [-0.1, -0.05) is 17.7 Å². The molecule has 0 aliphatic carbocycles. The van der Waals surface area contributed by atoms with Crippen LogP contribution < -0.4 is 20.3 Å². The number of ether oxygens (including phenoxy) is 1. The minimum atomic E-state index is -3.98. The molecule has 0 aromatic heterocycles. The number of rotatable bonds is 6. The van der Waals surface area contributed by atoms with Gasteiger partial charge in [-0.15, -0.1) is 0 Å². The summed E-state index contributed by atoms with van der Waals surface area (Å²) in [6.45, 7) is 0. The van der Waals surface area contributed by atoms with Gasteiger partial charge < -0.3 is 4.74 Å². The fourth-order valence-electron chi connectivity index (χ4n) is 2.60. The first-order valence-electron chi connectivity index (χ1n) is 9.02. The molecule has 11 heteroatoms. The molecule has 0 radical (unpaired) electrons. The van der Waals surface area contributed by atoms with Crippen molar-refractivity contribution in [2.75, 3.05) is 11.8 Å². The highest BCUT2D eigenvalue weighted by Gasteiger charge is 2.18. The van der Waals surface area contributed by atoms with Crippen LogP contribution in [0.5, 0.6) is 5.75 Å². The van der Waals surface area contributed by atoms with Gasteiger partial charge in [0.05, 0.1) is 22.6 Å². The predicted molar refractivity (Wildman–Crippen MR) is 117 cm³/mol. The molecule has 0 saturated carbocycles. The largest absolute Gasteiger partial charge is 0.497 e. The number of hydrazine groups is 1. The third-order valence-corrected chi connectivity index (χ3v) is 5.91. The maximum Gasteiger partial charge on any atom is 0.271 e. The summed E-state index contributed by atoms with van der Waals surface area (Å²) in [4.78, 5) is 24.4. The van der Waals surface area contributed by atoms with Gasteiger partial charge >= 0.3 is 0 Å². The van der Waals surface area contributed by atoms with Crippen LogP contribution in [-0.4, -0.2) is 27.3 Å². The number of nitrogens with one attached hydrogen (secondary N) is 3. The van der Waals surface area contributed by atoms with Crippen molar-refractivity contribution >= 4 is 39.1 Å². The molecule has 0 aliphatic rings. The minimum Gasteiger partial charge on any atom is -0.497 e. The van der Waals surface area contributed by atoms with Gasteiger partial charge in [-0.3, -0.25) is 25.2 Å². The van der Waals surface area contributed by atoms with Crippen molar-refractivity contribution in [1.29, 1.82) is 0 Å². The maximum atomic E-state index is 13.1. The molecule has 166 valence electrons. The second kappa shape index (κ2) is 9.67. The van der Waals surface area contributed by atoms with E-state index in [2.05, 4.69) is 15.6 Å². The lowest BCUT2D eigenvalue weighted by Crippen LogP contribution is -2.41. The van der Waals surface area contributed by atoms with E-state index in [4.69, 9.17) is 16.3 Å². The van der Waals surface area contributed by atoms with E-state index in [1.54, 1.807) is 12.1 Å². The summed E-state index contributed by atoms with van der Waals surface area (Å²) in [5.74, 6) is -1.58. The second-order valence-electron chi connectivity index (χ2n) is 6.39. The van der Waals surface area contributed by atoms with Crippen molar-refractivity contribution in [1.82, 2.24) is 10.9 Å². The zero-order valence-electron chi connectivity index (χ0n) is 16.6. The van der Waals surface area contributed by atoms with Crippen LogP contribution in [0.25, 0.3) is 0 Å². The zero-order chi connectivity index (χ0) is 23.3. The number of hydrogen-bond donors (Lipinski definition) is 3. The molecule has 0 heterocycles. The lowest BCUT2D eigenvalue weighted by atomic mass is 10.2. The molecule has 0 spiro atoms. The third-order valence-electron chi connectivity index (χ3n) is 4.21. The molecule has 0 atom stereocenters. The average molecular weight is 478 g/mol. The van der Waals surface area contributed by atoms with Crippen molar-refractivity contribution in [2.45, 2.75) is 4.90 Å². The van der Waals surface area contributed by atoms with E-state index in [1.807, 2.05) is 0 Å². The number of hydrogen-bond acceptors (Lipinski definition) is 5. The fraction of sp³-hybridized carbons (Fsp3) is 0.0476. The Hall–Kier alpha value is -3.63. The Bertz CT molecular complexity index is 1270. The summed E-state index contributed by atoms with van der Waals surface area (Å²) < 4.78 is 45.9. The number of amides is 2. The van der Waals surface area contributed by atoms with Gasteiger partial charge in [0.1, 0.15) is 11.6 Å². The number of sulfonamides is 1. The molecule has 3 aromatic rings. The molecule has 0 fully saturated rings. The highest BCUT2D eigenvalue weighted by Crippen LogP contribution is 2.20. The average Bonchev–Trinajstić information content (AvgIpc) is 2.77. The van der Waals surface area contributed by atoms with Crippen molar-refractivity contribution in [3.05, 3.63) is 88.7 Å². The zero-order valence-corrected chi connectivity index (χ0v) is 18.1. The van der Waals surface area contributed by atoms with Gasteiger partial charge in [0.25, 0.3) is 21.8 Å². The molecular formula is C21H17ClFN3O5S. The van der Waals surface area contributed by atoms with E-state index in [9.17, 15) is 22.4 Å². The highest BCUT2D eigenvalue weighted by atomic mass is 35.5. The van der Waals surface area contributed by atoms with Gasteiger partial charge in [0.2, 0.25) is 0 Å². The number of halogens is 2. The van der Waals surface area contributed by atoms with Crippen LogP contribution in [-0.2, 0) is 10.0 Å². The summed E-state index contributed by atoms with van der Waals surface area (Å²) in [5.41, 5.74) is 4.55. The van der Waals surface area contributed by atoms with Crippen LogP contribution in [0.1, 0.15) is 20.7 Å². The molecular weight excluding hydrogens is 461 g/mol. The lowest BCUT2D eigenvalue weighted by molar-refractivity contribution is 0.0846. The molecule has 3 N–H and O–H groups in total. The van der Waals surface area contributed by atoms with E-state index in [0.29, 0.717) is 11.4 Å². The topological polar surface area (TPSA) is 114 Å². The van der Waals surface area contributed by atoms with Gasteiger partial charge in [-0.2, -0.15) is 0 Å². The number of carbonyl (C=O) groups is 2. The highest BCUT2D eigenvalue weighted by molar-refractivity contribution is 7.92. The summed E-state index contributed by atoms with van der Waals surface area (Å²) in [5, 5.41) is -0.130. The van der Waals surface area contributed by atoms with Gasteiger partial charge in [-0.25, -0.2) is 12.8 Å². The Morgan fingerprint density at radius 1 is 0.938 bits per heavy atom. The standard InChI is InChI=1S/C21H17ClFN3O5S/c1-31-16-8-6-15(7-9-16)26-32(29,30)17-4-2-3-13(11-17)20(27)24-25-21(28)18-10-5-14(23)12-19(18)22/h2-12,26H,1H3,(H,24,27)(H,25,28). The molecule has 0 unspecified atom stereocenters. The van der Waals surface area contributed by atoms with E-state index in [0.717, 1.165) is 24.3 Å². The maximum absolute atomic E-state index is 13.1. The Labute approximate surface area is 188 Å². The molecule has 3 aromatic carbocycles. The molecule has 32 heavy (non-hydrogen) atoms. The van der Waals surface area contributed by atoms with Crippen molar-refractivity contribution in [3.8, 4) is 5.75 Å². The van der Waals surface area contributed by atoms with Crippen LogP contribution in [0.15, 0.2) is 71.6 Å². The third kappa shape index (κ3) is 5.54. The van der Waals surface area contributed by atoms with Crippen LogP contribution in [0.4, 0.5) is 10.1 Å².